The number of carbonyl (C=O) groups excluding carboxylic acids is 2. The maximum absolute atomic E-state index is 12.5. The Morgan fingerprint density at radius 2 is 1.61 bits per heavy atom. The number of nitrogens with one attached hydrogen (secondary N) is 1. The first-order valence-corrected chi connectivity index (χ1v) is 10.5. The highest BCUT2D eigenvalue weighted by atomic mass is 79.9. The summed E-state index contributed by atoms with van der Waals surface area (Å²) in [7, 11) is 0. The second kappa shape index (κ2) is 10.4. The van der Waals surface area contributed by atoms with Crippen LogP contribution in [0.4, 0.5) is 0 Å². The second-order valence-corrected chi connectivity index (χ2v) is 7.93. The Balaban J connectivity index is 1.34. The third kappa shape index (κ3) is 6.17. The lowest BCUT2D eigenvalue weighted by atomic mass is 10.1. The molecule has 0 radical (unpaired) electrons. The van der Waals surface area contributed by atoms with E-state index in [1.54, 1.807) is 0 Å². The van der Waals surface area contributed by atoms with Crippen LogP contribution in [0.3, 0.4) is 0 Å². The number of benzene rings is 2. The Hall–Kier alpha value is -2.18. The molecule has 0 unspecified atom stereocenters. The molecule has 0 spiro atoms. The number of nitrogens with zero attached hydrogens (tertiary/aromatic N) is 2. The normalized spacial score (nSPS) is 14.7. The highest BCUT2D eigenvalue weighted by Crippen LogP contribution is 2.13. The average Bonchev–Trinajstić information content (AvgIpc) is 2.73. The second-order valence-electron chi connectivity index (χ2n) is 7.01. The molecule has 6 heteroatoms. The molecule has 1 fully saturated rings. The van der Waals surface area contributed by atoms with Crippen molar-refractivity contribution in [2.75, 3.05) is 39.3 Å². The van der Waals surface area contributed by atoms with Gasteiger partial charge in [0.2, 0.25) is 5.91 Å². The van der Waals surface area contributed by atoms with Crippen LogP contribution in [0.25, 0.3) is 0 Å². The number of hydrogen-bond acceptors (Lipinski definition) is 3. The van der Waals surface area contributed by atoms with Crippen LogP contribution >= 0.6 is 15.9 Å². The van der Waals surface area contributed by atoms with Crippen molar-refractivity contribution in [3.8, 4) is 0 Å². The van der Waals surface area contributed by atoms with Crippen LogP contribution < -0.4 is 5.32 Å². The maximum Gasteiger partial charge on any atom is 0.253 e. The minimum atomic E-state index is 0.0533. The van der Waals surface area contributed by atoms with Crippen LogP contribution in [-0.4, -0.2) is 60.9 Å². The van der Waals surface area contributed by atoms with Gasteiger partial charge in [0.05, 0.1) is 6.54 Å². The maximum atomic E-state index is 12.5. The zero-order valence-electron chi connectivity index (χ0n) is 15.9. The fourth-order valence-electron chi connectivity index (χ4n) is 3.31. The summed E-state index contributed by atoms with van der Waals surface area (Å²) < 4.78 is 0.962. The minimum absolute atomic E-state index is 0.0533. The van der Waals surface area contributed by atoms with Crippen molar-refractivity contribution < 1.29 is 9.59 Å². The van der Waals surface area contributed by atoms with Crippen LogP contribution in [0.1, 0.15) is 22.3 Å². The molecule has 0 saturated carbocycles. The first-order chi connectivity index (χ1) is 13.6. The molecule has 1 heterocycles. The van der Waals surface area contributed by atoms with Crippen molar-refractivity contribution in [1.82, 2.24) is 15.1 Å². The molecule has 0 aromatic heterocycles. The van der Waals surface area contributed by atoms with Gasteiger partial charge in [0.25, 0.3) is 5.91 Å². The molecule has 0 bridgehead atoms. The van der Waals surface area contributed by atoms with Crippen molar-refractivity contribution in [3.63, 3.8) is 0 Å². The van der Waals surface area contributed by atoms with E-state index in [1.807, 2.05) is 47.4 Å². The summed E-state index contributed by atoms with van der Waals surface area (Å²) in [6, 6.07) is 17.7. The summed E-state index contributed by atoms with van der Waals surface area (Å²) in [5.74, 6) is 0.110. The molecule has 0 atom stereocenters. The predicted molar refractivity (Wildman–Crippen MR) is 114 cm³/mol. The molecule has 1 aliphatic heterocycles. The summed E-state index contributed by atoms with van der Waals surface area (Å²) in [4.78, 5) is 28.7. The quantitative estimate of drug-likeness (QED) is 0.669. The molecule has 1 N–H and O–H groups in total. The van der Waals surface area contributed by atoms with Crippen LogP contribution in [0, 0.1) is 0 Å². The van der Waals surface area contributed by atoms with E-state index in [2.05, 4.69) is 38.3 Å². The molecule has 2 aromatic rings. The van der Waals surface area contributed by atoms with Crippen molar-refractivity contribution in [2.24, 2.45) is 0 Å². The van der Waals surface area contributed by atoms with Crippen molar-refractivity contribution in [2.45, 2.75) is 12.8 Å². The third-order valence-corrected chi connectivity index (χ3v) is 5.45. The van der Waals surface area contributed by atoms with E-state index in [1.165, 1.54) is 5.56 Å². The molecular weight excluding hydrogens is 418 g/mol. The molecule has 1 saturated heterocycles. The van der Waals surface area contributed by atoms with E-state index in [0.29, 0.717) is 31.7 Å². The molecule has 2 amide bonds. The van der Waals surface area contributed by atoms with E-state index in [0.717, 1.165) is 30.4 Å². The van der Waals surface area contributed by atoms with Crippen LogP contribution in [0.2, 0.25) is 0 Å². The van der Waals surface area contributed by atoms with Gasteiger partial charge in [0.1, 0.15) is 0 Å². The molecular formula is C22H26BrN3O2. The molecule has 3 rings (SSSR count). The molecule has 5 nitrogen and oxygen atoms in total. The van der Waals surface area contributed by atoms with Gasteiger partial charge in [-0.05, 0) is 42.7 Å². The van der Waals surface area contributed by atoms with Crippen molar-refractivity contribution in [3.05, 3.63) is 70.2 Å². The third-order valence-electron chi connectivity index (χ3n) is 4.93. The first-order valence-electron chi connectivity index (χ1n) is 9.69. The number of piperazine rings is 1. The summed E-state index contributed by atoms with van der Waals surface area (Å²) in [6.07, 6.45) is 1.91. The molecule has 148 valence electrons. The number of aryl methyl sites for hydroxylation is 1. The largest absolute Gasteiger partial charge is 0.355 e. The standard InChI is InChI=1S/C22H26BrN3O2/c23-20-10-8-19(9-11-20)22(28)26-15-13-25(14-16-26)17-21(27)24-12-4-7-18-5-2-1-3-6-18/h1-3,5-6,8-11H,4,7,12-17H2,(H,24,27). The van der Waals surface area contributed by atoms with E-state index >= 15 is 0 Å². The Kier molecular flexibility index (Phi) is 7.62. The van der Waals surface area contributed by atoms with Gasteiger partial charge in [-0.15, -0.1) is 0 Å². The Morgan fingerprint density at radius 3 is 2.29 bits per heavy atom. The zero-order valence-corrected chi connectivity index (χ0v) is 17.5. The van der Waals surface area contributed by atoms with Gasteiger partial charge in [0, 0.05) is 42.8 Å². The van der Waals surface area contributed by atoms with Gasteiger partial charge >= 0.3 is 0 Å². The number of rotatable bonds is 7. The van der Waals surface area contributed by atoms with E-state index in [9.17, 15) is 9.59 Å². The lowest BCUT2D eigenvalue weighted by Gasteiger charge is -2.34. The van der Waals surface area contributed by atoms with Gasteiger partial charge in [-0.1, -0.05) is 46.3 Å². The highest BCUT2D eigenvalue weighted by Gasteiger charge is 2.23. The van der Waals surface area contributed by atoms with E-state index in [-0.39, 0.29) is 11.8 Å². The molecule has 1 aliphatic rings. The predicted octanol–water partition coefficient (Wildman–Crippen LogP) is 2.96. The molecule has 28 heavy (non-hydrogen) atoms. The fraction of sp³-hybridized carbons (Fsp3) is 0.364. The molecule has 0 aliphatic carbocycles. The van der Waals surface area contributed by atoms with Crippen LogP contribution in [0.5, 0.6) is 0 Å². The summed E-state index contributed by atoms with van der Waals surface area (Å²) in [5.41, 5.74) is 2.00. The first kappa shape index (κ1) is 20.6. The zero-order chi connectivity index (χ0) is 19.8. The number of halogens is 1. The average molecular weight is 444 g/mol. The monoisotopic (exact) mass is 443 g/mol. The SMILES string of the molecule is O=C(CN1CCN(C(=O)c2ccc(Br)cc2)CC1)NCCCc1ccccc1. The Labute approximate surface area is 174 Å². The van der Waals surface area contributed by atoms with Gasteiger partial charge in [-0.3, -0.25) is 14.5 Å². The van der Waals surface area contributed by atoms with E-state index in [4.69, 9.17) is 0 Å². The lowest BCUT2D eigenvalue weighted by molar-refractivity contribution is -0.122. The van der Waals surface area contributed by atoms with Crippen molar-refractivity contribution in [1.29, 1.82) is 0 Å². The minimum Gasteiger partial charge on any atom is -0.355 e. The lowest BCUT2D eigenvalue weighted by Crippen LogP contribution is -2.51. The van der Waals surface area contributed by atoms with E-state index < -0.39 is 0 Å². The van der Waals surface area contributed by atoms with Gasteiger partial charge in [-0.2, -0.15) is 0 Å². The summed E-state index contributed by atoms with van der Waals surface area (Å²) in [6.45, 7) is 3.83. The Morgan fingerprint density at radius 1 is 0.929 bits per heavy atom. The number of hydrogen-bond donors (Lipinski definition) is 1. The number of carbonyl (C=O) groups is 2. The Bertz CT molecular complexity index is 772. The summed E-state index contributed by atoms with van der Waals surface area (Å²) in [5, 5.41) is 3.00. The van der Waals surface area contributed by atoms with Gasteiger partial charge in [-0.25, -0.2) is 0 Å². The van der Waals surface area contributed by atoms with Crippen LogP contribution in [-0.2, 0) is 11.2 Å². The number of amides is 2. The molecule has 2 aromatic carbocycles. The highest BCUT2D eigenvalue weighted by molar-refractivity contribution is 9.10. The topological polar surface area (TPSA) is 52.7 Å². The fourth-order valence-corrected chi connectivity index (χ4v) is 3.57. The van der Waals surface area contributed by atoms with Crippen molar-refractivity contribution >= 4 is 27.7 Å². The van der Waals surface area contributed by atoms with Crippen LogP contribution in [0.15, 0.2) is 59.1 Å². The van der Waals surface area contributed by atoms with Gasteiger partial charge < -0.3 is 10.2 Å². The van der Waals surface area contributed by atoms with Gasteiger partial charge in [0.15, 0.2) is 0 Å². The summed E-state index contributed by atoms with van der Waals surface area (Å²) >= 11 is 3.39. The smallest absolute Gasteiger partial charge is 0.253 e.